The predicted molar refractivity (Wildman–Crippen MR) is 565 cm³/mol. The molecule has 9 aromatic carbocycles. The van der Waals surface area contributed by atoms with Crippen molar-refractivity contribution in [2.45, 2.75) is 279 Å². The molecule has 10 rings (SSSR count). The Morgan fingerprint density at radius 1 is 0.345 bits per heavy atom. The van der Waals surface area contributed by atoms with E-state index >= 15 is 0 Å². The van der Waals surface area contributed by atoms with E-state index in [1.165, 1.54) is 161 Å². The third-order valence-electron chi connectivity index (χ3n) is 20.2. The third-order valence-corrected chi connectivity index (χ3v) is 42.3. The molecule has 0 radical (unpaired) electrons. The Morgan fingerprint density at radius 3 is 1.08 bits per heavy atom. The summed E-state index contributed by atoms with van der Waals surface area (Å²) in [7, 11) is -32.4. The van der Waals surface area contributed by atoms with E-state index in [4.69, 9.17) is 34.9 Å². The third kappa shape index (κ3) is 48.7. The first-order valence-corrected chi connectivity index (χ1v) is 62.2. The normalized spacial score (nSPS) is 11.9. The second-order valence-electron chi connectivity index (χ2n) is 35.1. The van der Waals surface area contributed by atoms with Crippen molar-refractivity contribution in [3.05, 3.63) is 314 Å². The highest BCUT2D eigenvalue weighted by Crippen LogP contribution is 2.36. The average Bonchev–Trinajstić information content (AvgIpc) is 0.923. The molecule has 0 atom stereocenters. The van der Waals surface area contributed by atoms with Crippen LogP contribution in [0.25, 0.3) is 0 Å². The van der Waals surface area contributed by atoms with Gasteiger partial charge in [0.25, 0.3) is 0 Å². The first kappa shape index (κ1) is 136. The highest BCUT2D eigenvalue weighted by atomic mass is 35.5. The van der Waals surface area contributed by atoms with Gasteiger partial charge in [-0.25, -0.2) is 106 Å². The van der Waals surface area contributed by atoms with Gasteiger partial charge in [-0.2, -0.15) is 23.5 Å². The maximum Gasteiger partial charge on any atom is 0.417 e. The van der Waals surface area contributed by atoms with Crippen LogP contribution in [0.2, 0.25) is 10.0 Å². The molecule has 145 heavy (non-hydrogen) atoms. The van der Waals surface area contributed by atoms with E-state index in [0.717, 1.165) is 36.2 Å². The molecule has 10 aromatic rings. The highest BCUT2D eigenvalue weighted by Gasteiger charge is 2.38. The van der Waals surface area contributed by atoms with Gasteiger partial charge < -0.3 is 0 Å². The maximum atomic E-state index is 13.1. The predicted octanol–water partition coefficient (Wildman–Crippen LogP) is 22.9. The van der Waals surface area contributed by atoms with Gasteiger partial charge in [-0.15, -0.1) is 6.42 Å². The monoisotopic (exact) mass is 2260 g/mol. The number of aromatic nitrogens is 2. The summed E-state index contributed by atoms with van der Waals surface area (Å²) in [6.07, 6.45) is 5.28. The number of hydrogen-bond donors (Lipinski definition) is 0. The Balaban J connectivity index is 0.00000158. The molecule has 0 bridgehead atoms. The average molecular weight is 2260 g/mol. The largest absolute Gasteiger partial charge is 0.417 e. The number of hydrogen-bond acceptors (Lipinski definition) is 22. The van der Waals surface area contributed by atoms with Crippen molar-refractivity contribution in [3.63, 3.8) is 0 Å². The number of aryl methyl sites for hydroxylation is 1. The number of sulfone groups is 10. The maximum absolute atomic E-state index is 13.1. The molecular weight excluding hydrogens is 2130 g/mol. The van der Waals surface area contributed by atoms with Crippen molar-refractivity contribution in [2.75, 3.05) is 5.75 Å². The van der Waals surface area contributed by atoms with Gasteiger partial charge in [-0.05, 0) is 302 Å². The van der Waals surface area contributed by atoms with Crippen LogP contribution in [-0.4, -0.2) is 152 Å². The summed E-state index contributed by atoms with van der Waals surface area (Å²) in [4.78, 5) is -0.559. The molecule has 0 amide bonds. The molecule has 0 unspecified atom stereocenters. The Kier molecular flexibility index (Phi) is 57.7. The molecule has 0 aliphatic rings. The summed E-state index contributed by atoms with van der Waals surface area (Å²) < 4.78 is 333. The van der Waals surface area contributed by atoms with E-state index in [2.05, 4.69) is 38.0 Å². The summed E-state index contributed by atoms with van der Waals surface area (Å²) in [6.45, 7) is 38.2. The molecule has 23 nitrogen and oxygen atoms in total. The zero-order chi connectivity index (χ0) is 112. The number of alkyl halides is 3. The molecule has 806 valence electrons. The summed E-state index contributed by atoms with van der Waals surface area (Å²) in [6, 6.07) is 54.1. The number of benzene rings is 9. The number of rotatable bonds is 27. The molecule has 0 aliphatic carbocycles. The van der Waals surface area contributed by atoms with Gasteiger partial charge in [0.2, 0.25) is 0 Å². The van der Waals surface area contributed by atoms with E-state index in [-0.39, 0.29) is 76.3 Å². The van der Waals surface area contributed by atoms with Gasteiger partial charge in [-0.1, -0.05) is 139 Å². The first-order chi connectivity index (χ1) is 66.4. The van der Waals surface area contributed by atoms with Gasteiger partial charge >= 0.3 is 6.18 Å². The molecule has 43 heteroatoms. The van der Waals surface area contributed by atoms with Crippen LogP contribution in [-0.2, 0) is 140 Å². The fraction of sp³-hybridized carbons (Fsp3) is 0.412. The smallest absolute Gasteiger partial charge is 0.270 e. The standard InChI is InChI=1S/2C10H13ClO2S.C10H11F3O2S.3C10H13FO2S.C10H11NO2S.2C9H11FO2S.C8H14N2.C6H10O2S/c1-8(2)14(12,13)7-9-4-3-5-10(11)6-9;1-8(2)14(12,13)7-9-5-3-4-6-10(9)11;1-7(2)16(14,15)9-6-4-3-5-8(9)10(11,12)13;1-8(2)14(12,13)7-9-3-5-10(11)6-4-9;1-8(2)14(12,13)7-9-4-3-5-10(11)6-9;1-8(2)14(12,13)7-9-5-3-4-6-10(9)11;1-8(2)14(12,13)10-5-3-9(7-11)4-6-10;1-7(2)13(11,12)9-5-3-4-8(10)6-9;1-7(2)13(11,12)9-6-4-3-5-8(9)10;1-4-8-5-9-10(6-8)7(2)3;1-4-5-9(7,8)6(2)3/h2*3-6,8H,7H2,1-2H3;3-7H,1-2H3;3*3-6,8H,7H2,1-2H3;3-6,8H,1-2H3;2*3-7H,1-2H3;5-7H,4H2,1-3H3;1,6H,5H2,2-3H3. The van der Waals surface area contributed by atoms with Crippen LogP contribution in [0.1, 0.15) is 210 Å². The molecule has 0 N–H and O–H groups in total. The number of halogens is 10. The van der Waals surface area contributed by atoms with E-state index in [0.29, 0.717) is 38.3 Å². The summed E-state index contributed by atoms with van der Waals surface area (Å²) in [5.74, 6) is -0.735. The highest BCUT2D eigenvalue weighted by molar-refractivity contribution is 7.94. The molecule has 0 fully saturated rings. The van der Waals surface area contributed by atoms with Crippen molar-refractivity contribution in [1.82, 2.24) is 9.78 Å². The van der Waals surface area contributed by atoms with Crippen molar-refractivity contribution < 1.29 is 119 Å². The minimum Gasteiger partial charge on any atom is -0.270 e. The number of nitrogens with zero attached hydrogens (tertiary/aromatic N) is 3. The Labute approximate surface area is 866 Å². The molecule has 0 aliphatic heterocycles. The molecule has 0 saturated heterocycles. The lowest BCUT2D eigenvalue weighted by atomic mass is 10.2. The van der Waals surface area contributed by atoms with Crippen LogP contribution in [0.15, 0.2) is 250 Å². The van der Waals surface area contributed by atoms with Gasteiger partial charge in [0.05, 0.1) is 119 Å². The summed E-state index contributed by atoms with van der Waals surface area (Å²) >= 11 is 11.6. The second-order valence-corrected chi connectivity index (χ2v) is 61.2. The quantitative estimate of drug-likeness (QED) is 0.0341. The Morgan fingerprint density at radius 2 is 0.710 bits per heavy atom. The minimum atomic E-state index is -4.65. The van der Waals surface area contributed by atoms with Crippen LogP contribution >= 0.6 is 23.2 Å². The van der Waals surface area contributed by atoms with E-state index in [1.54, 1.807) is 178 Å². The number of nitriles is 1. The minimum absolute atomic E-state index is 0.0182. The van der Waals surface area contributed by atoms with Crippen LogP contribution in [0.3, 0.4) is 0 Å². The van der Waals surface area contributed by atoms with Crippen molar-refractivity contribution in [2.24, 2.45) is 0 Å². The second kappa shape index (κ2) is 61.7. The zero-order valence-electron chi connectivity index (χ0n) is 85.2. The van der Waals surface area contributed by atoms with Gasteiger partial charge in [0, 0.05) is 27.8 Å². The number of terminal acetylenes is 1. The van der Waals surface area contributed by atoms with Crippen LogP contribution < -0.4 is 0 Å². The zero-order valence-corrected chi connectivity index (χ0v) is 94.9. The molecule has 0 spiro atoms. The van der Waals surface area contributed by atoms with Crippen LogP contribution in [0.5, 0.6) is 0 Å². The van der Waals surface area contributed by atoms with Gasteiger partial charge in [0.1, 0.15) is 39.7 Å². The fourth-order valence-corrected chi connectivity index (χ4v) is 20.8. The topological polar surface area (TPSA) is 383 Å². The molecule has 1 aromatic heterocycles. The first-order valence-electron chi connectivity index (χ1n) is 45.0. The fourth-order valence-electron chi connectivity index (χ4n) is 10.2. The van der Waals surface area contributed by atoms with E-state index < -0.39 is 175 Å². The van der Waals surface area contributed by atoms with Gasteiger partial charge in [-0.3, -0.25) is 4.68 Å². The Hall–Kier alpha value is -9.24. The van der Waals surface area contributed by atoms with Crippen molar-refractivity contribution >= 4 is 122 Å². The summed E-state index contributed by atoms with van der Waals surface area (Å²) in [5, 5.41) is 9.05. The van der Waals surface area contributed by atoms with Crippen molar-refractivity contribution in [3.8, 4) is 18.4 Å². The molecular formula is C102H133Cl2F8N3O20S10. The summed E-state index contributed by atoms with van der Waals surface area (Å²) in [5.41, 5.74) is 3.44. The van der Waals surface area contributed by atoms with Gasteiger partial charge in [0.15, 0.2) is 98.4 Å². The lowest BCUT2D eigenvalue weighted by Crippen LogP contribution is -2.19. The SMILES string of the molecule is C#CCS(=O)(=O)C(C)C.CC(C)S(=O)(=O)Cc1ccc(F)cc1.CC(C)S(=O)(=O)Cc1cccc(Cl)c1.CC(C)S(=O)(=O)Cc1cccc(F)c1.CC(C)S(=O)(=O)Cc1ccccc1Cl.CC(C)S(=O)(=O)Cc1ccccc1F.CC(C)S(=O)(=O)c1ccc(C#N)cc1.CC(C)S(=O)(=O)c1cccc(F)c1.CC(C)S(=O)(=O)c1ccccc1C(F)(F)F.CC(C)S(=O)(=O)c1ccccc1F.CCc1cnn(C(C)C)c1. The lowest BCUT2D eigenvalue weighted by molar-refractivity contribution is -0.139. The molecule has 1 heterocycles. The lowest BCUT2D eigenvalue weighted by Gasteiger charge is -2.14. The van der Waals surface area contributed by atoms with E-state index in [9.17, 15) is 119 Å². The van der Waals surface area contributed by atoms with E-state index in [1.807, 2.05) is 16.9 Å². The van der Waals surface area contributed by atoms with Crippen LogP contribution in [0, 0.1) is 52.8 Å². The van der Waals surface area contributed by atoms with Crippen LogP contribution in [0.4, 0.5) is 35.1 Å². The molecule has 0 saturated carbocycles. The Bertz CT molecular complexity index is 6920. The van der Waals surface area contributed by atoms with Crippen molar-refractivity contribution in [1.29, 1.82) is 5.26 Å².